The van der Waals surface area contributed by atoms with Crippen molar-refractivity contribution in [3.63, 3.8) is 0 Å². The van der Waals surface area contributed by atoms with Crippen molar-refractivity contribution in [2.45, 2.75) is 45.2 Å². The second-order valence-corrected chi connectivity index (χ2v) is 5.32. The van der Waals surface area contributed by atoms with Gasteiger partial charge in [0.05, 0.1) is 0 Å². The van der Waals surface area contributed by atoms with Crippen LogP contribution in [0.4, 0.5) is 0 Å². The molecule has 2 unspecified atom stereocenters. The summed E-state index contributed by atoms with van der Waals surface area (Å²) < 4.78 is 0. The van der Waals surface area contributed by atoms with Crippen molar-refractivity contribution in [2.75, 3.05) is 32.7 Å². The van der Waals surface area contributed by atoms with E-state index in [0.29, 0.717) is 12.1 Å². The highest BCUT2D eigenvalue weighted by atomic mass is 15.3. The van der Waals surface area contributed by atoms with Gasteiger partial charge in [0, 0.05) is 38.3 Å². The summed E-state index contributed by atoms with van der Waals surface area (Å²) >= 11 is 0. The Morgan fingerprint density at radius 3 is 2.47 bits per heavy atom. The molecule has 98 valence electrons. The van der Waals surface area contributed by atoms with E-state index in [-0.39, 0.29) is 0 Å². The molecule has 3 nitrogen and oxygen atoms in total. The molecular weight excluding hydrogens is 210 g/mol. The zero-order valence-corrected chi connectivity index (χ0v) is 11.4. The summed E-state index contributed by atoms with van der Waals surface area (Å²) in [6, 6.07) is 0.983. The van der Waals surface area contributed by atoms with E-state index in [1.807, 2.05) is 0 Å². The molecule has 3 heteroatoms. The molecule has 2 atom stereocenters. The molecule has 2 rings (SSSR count). The van der Waals surface area contributed by atoms with Crippen LogP contribution in [0, 0.1) is 0 Å². The van der Waals surface area contributed by atoms with Gasteiger partial charge >= 0.3 is 0 Å². The molecule has 0 aromatic heterocycles. The third-order valence-electron chi connectivity index (χ3n) is 4.39. The van der Waals surface area contributed by atoms with Gasteiger partial charge in [-0.1, -0.05) is 25.5 Å². The predicted octanol–water partition coefficient (Wildman–Crippen LogP) is 1.45. The van der Waals surface area contributed by atoms with Crippen LogP contribution in [0.3, 0.4) is 0 Å². The Morgan fingerprint density at radius 2 is 1.88 bits per heavy atom. The summed E-state index contributed by atoms with van der Waals surface area (Å²) in [5, 5.41) is 0. The molecule has 2 N–H and O–H groups in total. The number of hydrogen-bond donors (Lipinski definition) is 1. The van der Waals surface area contributed by atoms with Crippen LogP contribution in [0.1, 0.15) is 33.1 Å². The van der Waals surface area contributed by atoms with Crippen LogP contribution in [-0.4, -0.2) is 54.6 Å². The summed E-state index contributed by atoms with van der Waals surface area (Å²) in [5.74, 6) is 0. The molecule has 1 aliphatic carbocycles. The Labute approximate surface area is 106 Å². The highest BCUT2D eigenvalue weighted by molar-refractivity contribution is 5.17. The Bertz CT molecular complexity index is 267. The van der Waals surface area contributed by atoms with E-state index in [1.54, 1.807) is 0 Å². The Balaban J connectivity index is 1.93. The van der Waals surface area contributed by atoms with Gasteiger partial charge in [-0.25, -0.2) is 0 Å². The molecule has 1 aliphatic heterocycles. The van der Waals surface area contributed by atoms with Crippen LogP contribution in [-0.2, 0) is 0 Å². The summed E-state index contributed by atoms with van der Waals surface area (Å²) in [6.45, 7) is 10.6. The van der Waals surface area contributed by atoms with E-state index in [2.05, 4.69) is 29.7 Å². The first-order valence-corrected chi connectivity index (χ1v) is 7.17. The predicted molar refractivity (Wildman–Crippen MR) is 73.1 cm³/mol. The number of piperazine rings is 1. The van der Waals surface area contributed by atoms with Gasteiger partial charge in [0.15, 0.2) is 0 Å². The van der Waals surface area contributed by atoms with Crippen LogP contribution in [0.5, 0.6) is 0 Å². The van der Waals surface area contributed by atoms with Crippen LogP contribution in [0.25, 0.3) is 0 Å². The molecule has 1 saturated heterocycles. The highest BCUT2D eigenvalue weighted by Crippen LogP contribution is 2.24. The van der Waals surface area contributed by atoms with Crippen LogP contribution in [0.15, 0.2) is 11.6 Å². The van der Waals surface area contributed by atoms with E-state index < -0.39 is 0 Å². The quantitative estimate of drug-likeness (QED) is 0.754. The van der Waals surface area contributed by atoms with Crippen molar-refractivity contribution in [1.29, 1.82) is 0 Å². The molecule has 0 aromatic rings. The average molecular weight is 237 g/mol. The summed E-state index contributed by atoms with van der Waals surface area (Å²) in [7, 11) is 0. The first-order chi connectivity index (χ1) is 8.24. The fourth-order valence-electron chi connectivity index (χ4n) is 3.07. The lowest BCUT2D eigenvalue weighted by Gasteiger charge is -2.40. The molecule has 0 radical (unpaired) electrons. The number of rotatable bonds is 3. The number of hydrogen-bond acceptors (Lipinski definition) is 3. The summed E-state index contributed by atoms with van der Waals surface area (Å²) in [6.07, 6.45) is 5.98. The SMILES string of the molecule is CCC1=CC(N2CCN(CC)CC2)CCC1N. The molecule has 0 saturated carbocycles. The summed E-state index contributed by atoms with van der Waals surface area (Å²) in [5.41, 5.74) is 7.60. The van der Waals surface area contributed by atoms with E-state index in [0.717, 1.165) is 6.42 Å². The standard InChI is InChI=1S/C14H27N3/c1-3-12-11-13(5-6-14(12)15)17-9-7-16(4-2)8-10-17/h11,13-14H,3-10,15H2,1-2H3. The number of nitrogens with two attached hydrogens (primary N) is 1. The zero-order chi connectivity index (χ0) is 12.3. The van der Waals surface area contributed by atoms with Crippen molar-refractivity contribution < 1.29 is 0 Å². The minimum absolute atomic E-state index is 0.327. The molecule has 0 amide bonds. The van der Waals surface area contributed by atoms with Crippen molar-refractivity contribution in [1.82, 2.24) is 9.80 Å². The maximum atomic E-state index is 6.13. The Morgan fingerprint density at radius 1 is 1.18 bits per heavy atom. The van der Waals surface area contributed by atoms with Gasteiger partial charge in [-0.05, 0) is 25.8 Å². The largest absolute Gasteiger partial charge is 0.324 e. The van der Waals surface area contributed by atoms with E-state index in [9.17, 15) is 0 Å². The minimum Gasteiger partial charge on any atom is -0.324 e. The zero-order valence-electron chi connectivity index (χ0n) is 11.4. The van der Waals surface area contributed by atoms with Gasteiger partial charge in [0.1, 0.15) is 0 Å². The first kappa shape index (κ1) is 13.1. The molecule has 0 aromatic carbocycles. The second-order valence-electron chi connectivity index (χ2n) is 5.32. The molecular formula is C14H27N3. The number of likely N-dealkylation sites (N-methyl/N-ethyl adjacent to an activating group) is 1. The molecule has 0 bridgehead atoms. The lowest BCUT2D eigenvalue weighted by molar-refractivity contribution is 0.108. The van der Waals surface area contributed by atoms with Crippen LogP contribution in [0.2, 0.25) is 0 Å². The van der Waals surface area contributed by atoms with Gasteiger partial charge in [0.2, 0.25) is 0 Å². The fraction of sp³-hybridized carbons (Fsp3) is 0.857. The minimum atomic E-state index is 0.327. The molecule has 2 aliphatic rings. The van der Waals surface area contributed by atoms with Gasteiger partial charge < -0.3 is 10.6 Å². The number of nitrogens with zero attached hydrogens (tertiary/aromatic N) is 2. The maximum Gasteiger partial charge on any atom is 0.0283 e. The van der Waals surface area contributed by atoms with Gasteiger partial charge in [0.25, 0.3) is 0 Å². The molecule has 1 heterocycles. The van der Waals surface area contributed by atoms with Crippen LogP contribution < -0.4 is 5.73 Å². The van der Waals surface area contributed by atoms with E-state index >= 15 is 0 Å². The third kappa shape index (κ3) is 3.09. The first-order valence-electron chi connectivity index (χ1n) is 7.17. The van der Waals surface area contributed by atoms with Crippen molar-refractivity contribution in [2.24, 2.45) is 5.73 Å². The lowest BCUT2D eigenvalue weighted by Crippen LogP contribution is -2.50. The third-order valence-corrected chi connectivity index (χ3v) is 4.39. The molecule has 0 spiro atoms. The topological polar surface area (TPSA) is 32.5 Å². The highest BCUT2D eigenvalue weighted by Gasteiger charge is 2.26. The van der Waals surface area contributed by atoms with E-state index in [4.69, 9.17) is 5.73 Å². The summed E-state index contributed by atoms with van der Waals surface area (Å²) in [4.78, 5) is 5.18. The van der Waals surface area contributed by atoms with E-state index in [1.165, 1.54) is 51.1 Å². The monoisotopic (exact) mass is 237 g/mol. The normalized spacial score (nSPS) is 32.5. The van der Waals surface area contributed by atoms with Crippen molar-refractivity contribution in [3.05, 3.63) is 11.6 Å². The maximum absolute atomic E-state index is 6.13. The Hall–Kier alpha value is -0.380. The molecule has 17 heavy (non-hydrogen) atoms. The molecule has 1 fully saturated rings. The Kier molecular flexibility index (Phi) is 4.60. The van der Waals surface area contributed by atoms with Crippen LogP contribution >= 0.6 is 0 Å². The van der Waals surface area contributed by atoms with Gasteiger partial charge in [-0.15, -0.1) is 0 Å². The fourth-order valence-corrected chi connectivity index (χ4v) is 3.07. The van der Waals surface area contributed by atoms with Gasteiger partial charge in [-0.3, -0.25) is 4.90 Å². The second kappa shape index (κ2) is 5.98. The van der Waals surface area contributed by atoms with Crippen molar-refractivity contribution >= 4 is 0 Å². The lowest BCUT2D eigenvalue weighted by atomic mass is 9.89. The average Bonchev–Trinajstić information content (AvgIpc) is 2.39. The van der Waals surface area contributed by atoms with Crippen molar-refractivity contribution in [3.8, 4) is 0 Å². The smallest absolute Gasteiger partial charge is 0.0283 e. The van der Waals surface area contributed by atoms with Gasteiger partial charge in [-0.2, -0.15) is 0 Å².